The van der Waals surface area contributed by atoms with E-state index in [1.807, 2.05) is 6.92 Å². The summed E-state index contributed by atoms with van der Waals surface area (Å²) in [5.41, 5.74) is 7.12. The third-order valence-electron chi connectivity index (χ3n) is 2.82. The highest BCUT2D eigenvalue weighted by Crippen LogP contribution is 2.29. The van der Waals surface area contributed by atoms with E-state index in [4.69, 9.17) is 5.73 Å². The van der Waals surface area contributed by atoms with Gasteiger partial charge >= 0.3 is 0 Å². The summed E-state index contributed by atoms with van der Waals surface area (Å²) in [5, 5.41) is -0.223. The largest absolute Gasteiger partial charge is 0.323 e. The van der Waals surface area contributed by atoms with Crippen LogP contribution >= 0.6 is 0 Å². The Morgan fingerprint density at radius 3 is 2.88 bits per heavy atom. The fourth-order valence-electron chi connectivity index (χ4n) is 1.55. The van der Waals surface area contributed by atoms with Gasteiger partial charge in [0.1, 0.15) is 0 Å². The molecule has 0 saturated heterocycles. The first kappa shape index (κ1) is 12.3. The van der Waals surface area contributed by atoms with E-state index in [0.717, 1.165) is 19.3 Å². The van der Waals surface area contributed by atoms with Gasteiger partial charge in [-0.3, -0.25) is 9.71 Å². The van der Waals surface area contributed by atoms with E-state index in [-0.39, 0.29) is 11.3 Å². The number of nitrogens with zero attached hydrogens (tertiary/aromatic N) is 1. The zero-order valence-corrected chi connectivity index (χ0v) is 10.6. The number of rotatable bonds is 5. The highest BCUT2D eigenvalue weighted by Gasteiger charge is 2.35. The predicted molar refractivity (Wildman–Crippen MR) is 67.0 cm³/mol. The summed E-state index contributed by atoms with van der Waals surface area (Å²) >= 11 is 0. The summed E-state index contributed by atoms with van der Waals surface area (Å²) in [7, 11) is -3.21. The highest BCUT2D eigenvalue weighted by atomic mass is 32.2. The van der Waals surface area contributed by atoms with Crippen molar-refractivity contribution >= 4 is 15.7 Å². The van der Waals surface area contributed by atoms with Gasteiger partial charge in [0.05, 0.1) is 16.6 Å². The number of aromatic nitrogens is 1. The molecule has 1 aliphatic rings. The Morgan fingerprint density at radius 1 is 1.59 bits per heavy atom. The van der Waals surface area contributed by atoms with Crippen LogP contribution in [0.1, 0.15) is 37.9 Å². The van der Waals surface area contributed by atoms with Crippen LogP contribution in [0.25, 0.3) is 0 Å². The molecule has 0 bridgehead atoms. The van der Waals surface area contributed by atoms with Crippen LogP contribution in [0.3, 0.4) is 0 Å². The Morgan fingerprint density at radius 2 is 2.29 bits per heavy atom. The average Bonchev–Trinajstić information content (AvgIpc) is 3.11. The van der Waals surface area contributed by atoms with Gasteiger partial charge in [-0.25, -0.2) is 8.42 Å². The van der Waals surface area contributed by atoms with Crippen molar-refractivity contribution in [1.82, 2.24) is 4.98 Å². The topological polar surface area (TPSA) is 85.1 Å². The number of nitrogens with one attached hydrogen (secondary N) is 1. The Labute approximate surface area is 101 Å². The molecule has 0 radical (unpaired) electrons. The second kappa shape index (κ2) is 4.62. The third kappa shape index (κ3) is 2.95. The minimum absolute atomic E-state index is 0.152. The summed E-state index contributed by atoms with van der Waals surface area (Å²) in [4.78, 5) is 4.14. The summed E-state index contributed by atoms with van der Waals surface area (Å²) in [6.45, 7) is 1.97. The quantitative estimate of drug-likeness (QED) is 0.832. The lowest BCUT2D eigenvalue weighted by Gasteiger charge is -2.11. The first-order valence-corrected chi connectivity index (χ1v) is 7.30. The average molecular weight is 255 g/mol. The van der Waals surface area contributed by atoms with E-state index in [1.54, 1.807) is 18.3 Å². The summed E-state index contributed by atoms with van der Waals surface area (Å²) in [5.74, 6) is 0. The molecule has 5 nitrogen and oxygen atoms in total. The molecule has 1 aromatic rings. The maximum absolute atomic E-state index is 11.8. The molecule has 0 aromatic carbocycles. The summed E-state index contributed by atoms with van der Waals surface area (Å²) in [6, 6.07) is 3.19. The molecule has 6 heteroatoms. The van der Waals surface area contributed by atoms with Crippen molar-refractivity contribution in [2.75, 3.05) is 4.72 Å². The molecule has 17 heavy (non-hydrogen) atoms. The molecular formula is C11H17N3O2S. The van der Waals surface area contributed by atoms with Gasteiger partial charge in [-0.05, 0) is 31.4 Å². The van der Waals surface area contributed by atoms with Crippen LogP contribution in [-0.4, -0.2) is 18.7 Å². The van der Waals surface area contributed by atoms with E-state index in [2.05, 4.69) is 9.71 Å². The van der Waals surface area contributed by atoms with E-state index in [1.165, 1.54) is 0 Å². The zero-order chi connectivity index (χ0) is 12.5. The number of hydrogen-bond acceptors (Lipinski definition) is 4. The number of nitrogens with two attached hydrogens (primary N) is 1. The first-order valence-electron chi connectivity index (χ1n) is 5.76. The van der Waals surface area contributed by atoms with E-state index in [0.29, 0.717) is 11.4 Å². The van der Waals surface area contributed by atoms with Crippen molar-refractivity contribution in [1.29, 1.82) is 0 Å². The third-order valence-corrected chi connectivity index (χ3v) is 4.69. The van der Waals surface area contributed by atoms with Gasteiger partial charge in [-0.2, -0.15) is 0 Å². The maximum Gasteiger partial charge on any atom is 0.235 e. The van der Waals surface area contributed by atoms with E-state index in [9.17, 15) is 8.42 Å². The van der Waals surface area contributed by atoms with Gasteiger partial charge in [-0.15, -0.1) is 0 Å². The van der Waals surface area contributed by atoms with Gasteiger partial charge in [0, 0.05) is 12.2 Å². The summed E-state index contributed by atoms with van der Waals surface area (Å²) < 4.78 is 26.1. The molecule has 0 unspecified atom stereocenters. The minimum atomic E-state index is -3.21. The van der Waals surface area contributed by atoms with Crippen molar-refractivity contribution in [2.45, 2.75) is 37.5 Å². The van der Waals surface area contributed by atoms with Crippen molar-refractivity contribution in [3.8, 4) is 0 Å². The zero-order valence-electron chi connectivity index (χ0n) is 9.76. The predicted octanol–water partition coefficient (Wildman–Crippen LogP) is 1.40. The second-order valence-corrected chi connectivity index (χ2v) is 6.29. The van der Waals surface area contributed by atoms with Gasteiger partial charge < -0.3 is 5.73 Å². The smallest absolute Gasteiger partial charge is 0.235 e. The van der Waals surface area contributed by atoms with Crippen LogP contribution in [0.5, 0.6) is 0 Å². The van der Waals surface area contributed by atoms with E-state index >= 15 is 0 Å². The Bertz CT molecular complexity index is 497. The molecule has 1 heterocycles. The molecule has 1 aromatic heterocycles. The highest BCUT2D eigenvalue weighted by molar-refractivity contribution is 7.93. The fourth-order valence-corrected chi connectivity index (χ4v) is 2.93. The molecule has 3 N–H and O–H groups in total. The summed E-state index contributed by atoms with van der Waals surface area (Å²) in [6.07, 6.45) is 3.85. The van der Waals surface area contributed by atoms with Gasteiger partial charge in [0.25, 0.3) is 0 Å². The SMILES string of the molecule is CC[C@H](N)c1cc(NS(=O)(=O)C2CC2)ccn1. The standard InChI is InChI=1S/C11H17N3O2S/c1-2-10(12)11-7-8(5-6-13-11)14-17(15,16)9-3-4-9/h5-7,9-10H,2-4,12H2,1H3,(H,13,14)/t10-/m0/s1. The molecule has 1 atom stereocenters. The number of anilines is 1. The monoisotopic (exact) mass is 255 g/mol. The normalized spacial score (nSPS) is 17.8. The lowest BCUT2D eigenvalue weighted by molar-refractivity contribution is 0.600. The fraction of sp³-hybridized carbons (Fsp3) is 0.545. The molecule has 0 amide bonds. The van der Waals surface area contributed by atoms with Crippen LogP contribution in [0.15, 0.2) is 18.3 Å². The molecule has 94 valence electrons. The van der Waals surface area contributed by atoms with Crippen LogP contribution in [0.4, 0.5) is 5.69 Å². The molecule has 1 saturated carbocycles. The molecule has 0 spiro atoms. The molecule has 1 fully saturated rings. The van der Waals surface area contributed by atoms with Crippen LogP contribution in [0, 0.1) is 0 Å². The van der Waals surface area contributed by atoms with Gasteiger partial charge in [0.15, 0.2) is 0 Å². The lowest BCUT2D eigenvalue weighted by Crippen LogP contribution is -2.18. The molecular weight excluding hydrogens is 238 g/mol. The lowest BCUT2D eigenvalue weighted by atomic mass is 10.1. The van der Waals surface area contributed by atoms with Crippen molar-refractivity contribution in [3.63, 3.8) is 0 Å². The van der Waals surface area contributed by atoms with Crippen LogP contribution in [-0.2, 0) is 10.0 Å². The maximum atomic E-state index is 11.8. The Hall–Kier alpha value is -1.14. The molecule has 0 aliphatic heterocycles. The number of pyridine rings is 1. The first-order chi connectivity index (χ1) is 8.03. The van der Waals surface area contributed by atoms with Crippen LogP contribution < -0.4 is 10.5 Å². The number of hydrogen-bond donors (Lipinski definition) is 2. The Kier molecular flexibility index (Phi) is 3.35. The van der Waals surface area contributed by atoms with E-state index < -0.39 is 10.0 Å². The van der Waals surface area contributed by atoms with Crippen molar-refractivity contribution in [3.05, 3.63) is 24.0 Å². The minimum Gasteiger partial charge on any atom is -0.323 e. The van der Waals surface area contributed by atoms with Gasteiger partial charge in [0.2, 0.25) is 10.0 Å². The second-order valence-electron chi connectivity index (χ2n) is 4.33. The van der Waals surface area contributed by atoms with Crippen molar-refractivity contribution in [2.24, 2.45) is 5.73 Å². The molecule has 2 rings (SSSR count). The van der Waals surface area contributed by atoms with Gasteiger partial charge in [-0.1, -0.05) is 6.92 Å². The molecule has 1 aliphatic carbocycles. The number of sulfonamides is 1. The van der Waals surface area contributed by atoms with Crippen molar-refractivity contribution < 1.29 is 8.42 Å². The Balaban J connectivity index is 2.16. The van der Waals surface area contributed by atoms with Crippen LogP contribution in [0.2, 0.25) is 0 Å².